The van der Waals surface area contributed by atoms with Crippen LogP contribution >= 0.6 is 0 Å². The molecule has 3 nitrogen and oxygen atoms in total. The number of morpholine rings is 1. The summed E-state index contributed by atoms with van der Waals surface area (Å²) in [4.78, 5) is 2.56. The number of para-hydroxylation sites is 1. The average molecular weight is 260 g/mol. The molecule has 1 fully saturated rings. The normalized spacial score (nSPS) is 23.8. The number of anilines is 1. The fourth-order valence-corrected chi connectivity index (χ4v) is 3.11. The van der Waals surface area contributed by atoms with Crippen molar-refractivity contribution in [1.82, 2.24) is 5.32 Å². The number of rotatable bonds is 3. The average Bonchev–Trinajstić information content (AvgIpc) is 2.68. The van der Waals surface area contributed by atoms with Gasteiger partial charge in [-0.1, -0.05) is 18.2 Å². The number of fused-ring (bicyclic) bond motifs is 1. The number of hydrogen-bond donors (Lipinski definition) is 1. The molecule has 0 spiro atoms. The Kier molecular flexibility index (Phi) is 4.36. The van der Waals surface area contributed by atoms with Crippen molar-refractivity contribution in [3.63, 3.8) is 0 Å². The van der Waals surface area contributed by atoms with Crippen LogP contribution in [0.15, 0.2) is 24.3 Å². The smallest absolute Gasteiger partial charge is 0.0716 e. The van der Waals surface area contributed by atoms with E-state index in [1.807, 2.05) is 0 Å². The third kappa shape index (κ3) is 3.28. The van der Waals surface area contributed by atoms with Gasteiger partial charge in [0.25, 0.3) is 0 Å². The van der Waals surface area contributed by atoms with E-state index in [0.717, 1.165) is 32.7 Å². The molecule has 0 bridgehead atoms. The van der Waals surface area contributed by atoms with E-state index >= 15 is 0 Å². The Morgan fingerprint density at radius 1 is 1.26 bits per heavy atom. The van der Waals surface area contributed by atoms with Crippen LogP contribution in [-0.2, 0) is 11.2 Å². The zero-order valence-electron chi connectivity index (χ0n) is 11.6. The molecule has 1 atom stereocenters. The molecule has 0 aromatic heterocycles. The van der Waals surface area contributed by atoms with Crippen molar-refractivity contribution >= 4 is 5.69 Å². The first-order chi connectivity index (χ1) is 9.43. The fraction of sp³-hybridized carbons (Fsp3) is 0.625. The highest BCUT2D eigenvalue weighted by molar-refractivity contribution is 5.54. The first kappa shape index (κ1) is 12.9. The van der Waals surface area contributed by atoms with Gasteiger partial charge in [-0.3, -0.25) is 0 Å². The minimum atomic E-state index is 0.393. The lowest BCUT2D eigenvalue weighted by Gasteiger charge is -2.29. The van der Waals surface area contributed by atoms with Crippen LogP contribution in [-0.4, -0.2) is 38.9 Å². The SMILES string of the molecule is c1ccc2c(c1)CCCCN2CCC1CNCCO1. The van der Waals surface area contributed by atoms with E-state index in [1.165, 1.54) is 37.1 Å². The Bertz CT molecular complexity index is 401. The second-order valence-electron chi connectivity index (χ2n) is 5.56. The van der Waals surface area contributed by atoms with Gasteiger partial charge in [0, 0.05) is 31.9 Å². The molecular formula is C16H24N2O. The van der Waals surface area contributed by atoms with E-state index in [4.69, 9.17) is 4.74 Å². The minimum absolute atomic E-state index is 0.393. The topological polar surface area (TPSA) is 24.5 Å². The molecule has 0 aliphatic carbocycles. The molecule has 1 unspecified atom stereocenters. The Morgan fingerprint density at radius 2 is 2.21 bits per heavy atom. The summed E-state index contributed by atoms with van der Waals surface area (Å²) in [7, 11) is 0. The van der Waals surface area contributed by atoms with Gasteiger partial charge in [-0.25, -0.2) is 0 Å². The van der Waals surface area contributed by atoms with Crippen molar-refractivity contribution in [3.05, 3.63) is 29.8 Å². The van der Waals surface area contributed by atoms with Crippen LogP contribution in [0, 0.1) is 0 Å². The molecule has 1 aromatic rings. The van der Waals surface area contributed by atoms with Gasteiger partial charge in [-0.2, -0.15) is 0 Å². The predicted molar refractivity (Wildman–Crippen MR) is 78.8 cm³/mol. The molecule has 19 heavy (non-hydrogen) atoms. The Labute approximate surface area is 115 Å². The number of benzene rings is 1. The zero-order valence-corrected chi connectivity index (χ0v) is 11.6. The minimum Gasteiger partial charge on any atom is -0.376 e. The Hall–Kier alpha value is -1.06. The standard InChI is InChI=1S/C16H24N2O/c1-2-7-16-14(5-1)6-3-4-10-18(16)11-8-15-13-17-9-12-19-15/h1-2,5,7,15,17H,3-4,6,8-13H2. The summed E-state index contributed by atoms with van der Waals surface area (Å²) in [5, 5.41) is 3.41. The van der Waals surface area contributed by atoms with Crippen molar-refractivity contribution in [2.45, 2.75) is 31.8 Å². The van der Waals surface area contributed by atoms with Crippen LogP contribution in [0.1, 0.15) is 24.8 Å². The summed E-state index contributed by atoms with van der Waals surface area (Å²) < 4.78 is 5.80. The molecule has 1 aromatic carbocycles. The van der Waals surface area contributed by atoms with Crippen molar-refractivity contribution in [3.8, 4) is 0 Å². The third-order valence-electron chi connectivity index (χ3n) is 4.18. The number of hydrogen-bond acceptors (Lipinski definition) is 3. The maximum Gasteiger partial charge on any atom is 0.0716 e. The highest BCUT2D eigenvalue weighted by Gasteiger charge is 2.18. The summed E-state index contributed by atoms with van der Waals surface area (Å²) >= 11 is 0. The molecule has 2 aliphatic heterocycles. The second kappa shape index (κ2) is 6.40. The lowest BCUT2D eigenvalue weighted by atomic mass is 10.1. The van der Waals surface area contributed by atoms with Gasteiger partial charge in [-0.05, 0) is 37.3 Å². The molecule has 0 amide bonds. The fourth-order valence-electron chi connectivity index (χ4n) is 3.11. The summed E-state index contributed by atoms with van der Waals surface area (Å²) in [6.07, 6.45) is 5.37. The van der Waals surface area contributed by atoms with E-state index in [9.17, 15) is 0 Å². The number of nitrogens with zero attached hydrogens (tertiary/aromatic N) is 1. The van der Waals surface area contributed by atoms with E-state index in [0.29, 0.717) is 6.10 Å². The summed E-state index contributed by atoms with van der Waals surface area (Å²) in [6.45, 7) is 5.18. The van der Waals surface area contributed by atoms with E-state index in [1.54, 1.807) is 0 Å². The summed E-state index contributed by atoms with van der Waals surface area (Å²) in [5.74, 6) is 0. The van der Waals surface area contributed by atoms with Gasteiger partial charge < -0.3 is 15.0 Å². The predicted octanol–water partition coefficient (Wildman–Crippen LogP) is 2.21. The molecule has 2 aliphatic rings. The molecule has 0 saturated carbocycles. The number of aryl methyl sites for hydroxylation is 1. The largest absolute Gasteiger partial charge is 0.376 e. The Balaban J connectivity index is 1.63. The lowest BCUT2D eigenvalue weighted by Crippen LogP contribution is -2.40. The van der Waals surface area contributed by atoms with Crippen molar-refractivity contribution < 1.29 is 4.74 Å². The summed E-state index contributed by atoms with van der Waals surface area (Å²) in [5.41, 5.74) is 2.96. The van der Waals surface area contributed by atoms with Crippen molar-refractivity contribution in [2.75, 3.05) is 37.7 Å². The monoisotopic (exact) mass is 260 g/mol. The van der Waals surface area contributed by atoms with Crippen LogP contribution in [0.4, 0.5) is 5.69 Å². The quantitative estimate of drug-likeness (QED) is 0.902. The molecule has 1 N–H and O–H groups in total. The van der Waals surface area contributed by atoms with Gasteiger partial charge in [0.2, 0.25) is 0 Å². The van der Waals surface area contributed by atoms with Gasteiger partial charge >= 0.3 is 0 Å². The Morgan fingerprint density at radius 3 is 3.11 bits per heavy atom. The first-order valence-electron chi connectivity index (χ1n) is 7.58. The van der Waals surface area contributed by atoms with Crippen LogP contribution in [0.2, 0.25) is 0 Å². The van der Waals surface area contributed by atoms with Gasteiger partial charge in [-0.15, -0.1) is 0 Å². The van der Waals surface area contributed by atoms with Crippen molar-refractivity contribution in [1.29, 1.82) is 0 Å². The van der Waals surface area contributed by atoms with Crippen molar-refractivity contribution in [2.24, 2.45) is 0 Å². The van der Waals surface area contributed by atoms with E-state index in [2.05, 4.69) is 34.5 Å². The summed E-state index contributed by atoms with van der Waals surface area (Å²) in [6, 6.07) is 8.89. The number of ether oxygens (including phenoxy) is 1. The molecule has 104 valence electrons. The highest BCUT2D eigenvalue weighted by Crippen LogP contribution is 2.26. The molecule has 3 heteroatoms. The maximum absolute atomic E-state index is 5.80. The van der Waals surface area contributed by atoms with Crippen LogP contribution in [0.3, 0.4) is 0 Å². The first-order valence-corrected chi connectivity index (χ1v) is 7.58. The van der Waals surface area contributed by atoms with Crippen LogP contribution < -0.4 is 10.2 Å². The van der Waals surface area contributed by atoms with Gasteiger partial charge in [0.15, 0.2) is 0 Å². The molecule has 3 rings (SSSR count). The maximum atomic E-state index is 5.80. The van der Waals surface area contributed by atoms with Crippen LogP contribution in [0.25, 0.3) is 0 Å². The molecule has 0 radical (unpaired) electrons. The lowest BCUT2D eigenvalue weighted by molar-refractivity contribution is 0.0249. The number of nitrogens with one attached hydrogen (secondary N) is 1. The third-order valence-corrected chi connectivity index (χ3v) is 4.18. The highest BCUT2D eigenvalue weighted by atomic mass is 16.5. The van der Waals surface area contributed by atoms with E-state index < -0.39 is 0 Å². The van der Waals surface area contributed by atoms with Gasteiger partial charge in [0.05, 0.1) is 12.7 Å². The molecular weight excluding hydrogens is 236 g/mol. The molecule has 1 saturated heterocycles. The van der Waals surface area contributed by atoms with Crippen LogP contribution in [0.5, 0.6) is 0 Å². The zero-order chi connectivity index (χ0) is 12.9. The van der Waals surface area contributed by atoms with Gasteiger partial charge in [0.1, 0.15) is 0 Å². The van der Waals surface area contributed by atoms with E-state index in [-0.39, 0.29) is 0 Å². The molecule has 2 heterocycles. The second-order valence-corrected chi connectivity index (χ2v) is 5.56.